The summed E-state index contributed by atoms with van der Waals surface area (Å²) in [4.78, 5) is 10.9. The van der Waals surface area contributed by atoms with Gasteiger partial charge < -0.3 is 10.1 Å². The van der Waals surface area contributed by atoms with Crippen molar-refractivity contribution < 1.29 is 9.53 Å². The molecule has 1 N–H and O–H groups in total. The van der Waals surface area contributed by atoms with E-state index in [9.17, 15) is 4.79 Å². The summed E-state index contributed by atoms with van der Waals surface area (Å²) in [6.45, 7) is 2.99. The van der Waals surface area contributed by atoms with Crippen LogP contribution in [0.3, 0.4) is 0 Å². The molecule has 0 bridgehead atoms. The molecule has 0 aromatic heterocycles. The second kappa shape index (κ2) is 8.23. The standard InChI is InChI=1S/C14H17NO2/c1-2-17-14(16)11-7-4-8-12-15-13-9-5-3-6-10-13/h3,5-6,9-10,15H,2,4,8,12H2,1H3. The molecule has 0 saturated carbocycles. The first-order chi connectivity index (χ1) is 8.33. The fourth-order valence-corrected chi connectivity index (χ4v) is 1.27. The maximum Gasteiger partial charge on any atom is 0.384 e. The van der Waals surface area contributed by atoms with Crippen molar-refractivity contribution in [3.63, 3.8) is 0 Å². The van der Waals surface area contributed by atoms with E-state index in [2.05, 4.69) is 21.9 Å². The Labute approximate surface area is 102 Å². The lowest BCUT2D eigenvalue weighted by atomic mass is 10.3. The van der Waals surface area contributed by atoms with Crippen LogP contribution in [-0.2, 0) is 9.53 Å². The van der Waals surface area contributed by atoms with E-state index < -0.39 is 5.97 Å². The summed E-state index contributed by atoms with van der Waals surface area (Å²) in [6.07, 6.45) is 1.60. The number of para-hydroxylation sites is 1. The van der Waals surface area contributed by atoms with E-state index in [4.69, 9.17) is 0 Å². The van der Waals surface area contributed by atoms with E-state index >= 15 is 0 Å². The van der Waals surface area contributed by atoms with E-state index in [1.165, 1.54) is 0 Å². The fraction of sp³-hybridized carbons (Fsp3) is 0.357. The quantitative estimate of drug-likeness (QED) is 0.366. The zero-order valence-electron chi connectivity index (χ0n) is 10.0. The van der Waals surface area contributed by atoms with Crippen LogP contribution in [0.1, 0.15) is 19.8 Å². The first kappa shape index (κ1) is 13.1. The molecule has 0 aliphatic heterocycles. The molecule has 0 aliphatic carbocycles. The van der Waals surface area contributed by atoms with Gasteiger partial charge in [-0.3, -0.25) is 0 Å². The zero-order valence-corrected chi connectivity index (χ0v) is 10.0. The molecule has 0 amide bonds. The predicted molar refractivity (Wildman–Crippen MR) is 68.6 cm³/mol. The second-order valence-electron chi connectivity index (χ2n) is 3.42. The van der Waals surface area contributed by atoms with Crippen molar-refractivity contribution in [1.82, 2.24) is 0 Å². The van der Waals surface area contributed by atoms with Gasteiger partial charge >= 0.3 is 5.97 Å². The molecule has 0 radical (unpaired) electrons. The number of carbonyl (C=O) groups excluding carboxylic acids is 1. The highest BCUT2D eigenvalue weighted by Gasteiger charge is 1.92. The van der Waals surface area contributed by atoms with E-state index in [1.54, 1.807) is 6.92 Å². The number of benzene rings is 1. The third-order valence-electron chi connectivity index (χ3n) is 2.05. The van der Waals surface area contributed by atoms with Gasteiger partial charge in [-0.05, 0) is 25.5 Å². The average Bonchev–Trinajstić information content (AvgIpc) is 2.35. The molecule has 17 heavy (non-hydrogen) atoms. The Balaban J connectivity index is 2.11. The van der Waals surface area contributed by atoms with Gasteiger partial charge in [-0.25, -0.2) is 4.79 Å². The van der Waals surface area contributed by atoms with Crippen LogP contribution in [0, 0.1) is 11.8 Å². The lowest BCUT2D eigenvalue weighted by molar-refractivity contribution is -0.136. The van der Waals surface area contributed by atoms with Gasteiger partial charge in [0, 0.05) is 24.6 Å². The van der Waals surface area contributed by atoms with Crippen molar-refractivity contribution in [3.8, 4) is 11.8 Å². The largest absolute Gasteiger partial charge is 0.456 e. The zero-order chi connectivity index (χ0) is 12.3. The Morgan fingerprint density at radius 3 is 2.82 bits per heavy atom. The highest BCUT2D eigenvalue weighted by atomic mass is 16.5. The number of unbranched alkanes of at least 4 members (excludes halogenated alkanes) is 1. The summed E-state index contributed by atoms with van der Waals surface area (Å²) < 4.78 is 4.69. The summed E-state index contributed by atoms with van der Waals surface area (Å²) in [5, 5.41) is 3.27. The molecule has 90 valence electrons. The Hall–Kier alpha value is -1.95. The van der Waals surface area contributed by atoms with Crippen LogP contribution in [0.4, 0.5) is 5.69 Å². The van der Waals surface area contributed by atoms with Gasteiger partial charge in [0.2, 0.25) is 0 Å². The van der Waals surface area contributed by atoms with Crippen molar-refractivity contribution in [2.45, 2.75) is 19.8 Å². The third kappa shape index (κ3) is 6.26. The molecular formula is C14H17NO2. The minimum atomic E-state index is -0.441. The topological polar surface area (TPSA) is 38.3 Å². The van der Waals surface area contributed by atoms with Gasteiger partial charge in [0.05, 0.1) is 6.61 Å². The molecule has 0 heterocycles. The highest BCUT2D eigenvalue weighted by molar-refractivity contribution is 5.88. The Morgan fingerprint density at radius 2 is 2.12 bits per heavy atom. The minimum absolute atomic E-state index is 0.378. The van der Waals surface area contributed by atoms with Crippen molar-refractivity contribution in [3.05, 3.63) is 30.3 Å². The van der Waals surface area contributed by atoms with Gasteiger partial charge in [-0.15, -0.1) is 0 Å². The lowest BCUT2D eigenvalue weighted by Crippen LogP contribution is -2.01. The van der Waals surface area contributed by atoms with E-state index in [0.717, 1.165) is 18.7 Å². The molecule has 3 nitrogen and oxygen atoms in total. The molecule has 0 aliphatic rings. The molecule has 1 rings (SSSR count). The Kier molecular flexibility index (Phi) is 6.35. The summed E-state index contributed by atoms with van der Waals surface area (Å²) >= 11 is 0. The number of hydrogen-bond donors (Lipinski definition) is 1. The van der Waals surface area contributed by atoms with Crippen LogP contribution in [0.2, 0.25) is 0 Å². The van der Waals surface area contributed by atoms with Crippen LogP contribution in [-0.4, -0.2) is 19.1 Å². The molecular weight excluding hydrogens is 214 g/mol. The molecule has 0 spiro atoms. The van der Waals surface area contributed by atoms with Crippen LogP contribution < -0.4 is 5.32 Å². The summed E-state index contributed by atoms with van der Waals surface area (Å²) in [5.41, 5.74) is 1.10. The molecule has 3 heteroatoms. The van der Waals surface area contributed by atoms with E-state index in [1.807, 2.05) is 30.3 Å². The number of esters is 1. The lowest BCUT2D eigenvalue weighted by Gasteiger charge is -2.03. The van der Waals surface area contributed by atoms with Gasteiger partial charge in [-0.1, -0.05) is 24.1 Å². The summed E-state index contributed by atoms with van der Waals surface area (Å²) in [6, 6.07) is 10.00. The number of rotatable bonds is 5. The molecule has 0 atom stereocenters. The molecule has 1 aromatic rings. The molecule has 0 saturated heterocycles. The monoisotopic (exact) mass is 231 g/mol. The number of hydrogen-bond acceptors (Lipinski definition) is 3. The molecule has 1 aromatic carbocycles. The number of carbonyl (C=O) groups is 1. The van der Waals surface area contributed by atoms with Gasteiger partial charge in [0.1, 0.15) is 0 Å². The first-order valence-corrected chi connectivity index (χ1v) is 5.77. The number of anilines is 1. The maximum absolute atomic E-state index is 10.9. The van der Waals surface area contributed by atoms with Crippen molar-refractivity contribution in [2.24, 2.45) is 0 Å². The smallest absolute Gasteiger partial charge is 0.384 e. The van der Waals surface area contributed by atoms with Crippen LogP contribution in [0.15, 0.2) is 30.3 Å². The molecule has 0 fully saturated rings. The normalized spacial score (nSPS) is 9.00. The highest BCUT2D eigenvalue weighted by Crippen LogP contribution is 2.04. The fourth-order valence-electron chi connectivity index (χ4n) is 1.27. The van der Waals surface area contributed by atoms with Gasteiger partial charge in [0.15, 0.2) is 0 Å². The van der Waals surface area contributed by atoms with E-state index in [-0.39, 0.29) is 0 Å². The van der Waals surface area contributed by atoms with Crippen molar-refractivity contribution in [2.75, 3.05) is 18.5 Å². The predicted octanol–water partition coefficient (Wildman–Crippen LogP) is 2.45. The first-order valence-electron chi connectivity index (χ1n) is 5.77. The summed E-state index contributed by atoms with van der Waals surface area (Å²) in [5.74, 6) is 4.79. The van der Waals surface area contributed by atoms with Crippen molar-refractivity contribution in [1.29, 1.82) is 0 Å². The SMILES string of the molecule is CCOC(=O)C#CCCCNc1ccccc1. The Morgan fingerprint density at radius 1 is 1.35 bits per heavy atom. The summed E-state index contributed by atoms with van der Waals surface area (Å²) in [7, 11) is 0. The number of nitrogens with one attached hydrogen (secondary N) is 1. The van der Waals surface area contributed by atoms with Crippen LogP contribution >= 0.6 is 0 Å². The third-order valence-corrected chi connectivity index (χ3v) is 2.05. The minimum Gasteiger partial charge on any atom is -0.456 e. The average molecular weight is 231 g/mol. The van der Waals surface area contributed by atoms with Crippen LogP contribution in [0.25, 0.3) is 0 Å². The van der Waals surface area contributed by atoms with Gasteiger partial charge in [-0.2, -0.15) is 0 Å². The van der Waals surface area contributed by atoms with Gasteiger partial charge in [0.25, 0.3) is 0 Å². The molecule has 0 unspecified atom stereocenters. The number of ether oxygens (including phenoxy) is 1. The van der Waals surface area contributed by atoms with E-state index in [0.29, 0.717) is 13.0 Å². The second-order valence-corrected chi connectivity index (χ2v) is 3.42. The van der Waals surface area contributed by atoms with Crippen molar-refractivity contribution >= 4 is 11.7 Å². The van der Waals surface area contributed by atoms with Crippen LogP contribution in [0.5, 0.6) is 0 Å². The maximum atomic E-state index is 10.9. The Bertz CT molecular complexity index is 390.